The molecule has 0 saturated carbocycles. The van der Waals surface area contributed by atoms with E-state index in [2.05, 4.69) is 11.4 Å². The maximum Gasteiger partial charge on any atom is 0.404 e. The lowest BCUT2D eigenvalue weighted by molar-refractivity contribution is 0.175. The highest BCUT2D eigenvalue weighted by molar-refractivity contribution is 6.33. The molecule has 2 unspecified atom stereocenters. The molecule has 5 heteroatoms. The zero-order valence-electron chi connectivity index (χ0n) is 15.8. The summed E-state index contributed by atoms with van der Waals surface area (Å²) in [5.41, 5.74) is 4.14. The van der Waals surface area contributed by atoms with Gasteiger partial charge in [0.15, 0.2) is 0 Å². The third-order valence-corrected chi connectivity index (χ3v) is 5.52. The van der Waals surface area contributed by atoms with Gasteiger partial charge in [-0.3, -0.25) is 0 Å². The van der Waals surface area contributed by atoms with Gasteiger partial charge in [-0.2, -0.15) is 0 Å². The number of hydrogen-bond acceptors (Lipinski definition) is 2. The molecule has 3 aromatic rings. The summed E-state index contributed by atoms with van der Waals surface area (Å²) >= 11 is 6.40. The second-order valence-corrected chi connectivity index (χ2v) is 7.70. The Morgan fingerprint density at radius 3 is 2.52 bits per heavy atom. The van der Waals surface area contributed by atoms with Crippen molar-refractivity contribution >= 4 is 17.7 Å². The monoisotopic (exact) mass is 407 g/mol. The molecule has 4 nitrogen and oxygen atoms in total. The first kappa shape index (κ1) is 19.3. The van der Waals surface area contributed by atoms with Gasteiger partial charge < -0.3 is 15.2 Å². The van der Waals surface area contributed by atoms with Crippen LogP contribution < -0.4 is 10.1 Å². The summed E-state index contributed by atoms with van der Waals surface area (Å²) in [6.07, 6.45) is 0.867. The molecule has 0 bridgehead atoms. The molecule has 0 aliphatic carbocycles. The van der Waals surface area contributed by atoms with E-state index in [0.29, 0.717) is 17.9 Å². The molecule has 0 fully saturated rings. The van der Waals surface area contributed by atoms with Crippen LogP contribution in [0.2, 0.25) is 5.02 Å². The predicted octanol–water partition coefficient (Wildman–Crippen LogP) is 5.58. The zero-order valence-corrected chi connectivity index (χ0v) is 16.6. The predicted molar refractivity (Wildman–Crippen MR) is 115 cm³/mol. The Kier molecular flexibility index (Phi) is 5.72. The van der Waals surface area contributed by atoms with Gasteiger partial charge in [0.25, 0.3) is 0 Å². The lowest BCUT2D eigenvalue weighted by Gasteiger charge is -2.21. The van der Waals surface area contributed by atoms with Crippen LogP contribution >= 0.6 is 11.6 Å². The third kappa shape index (κ3) is 4.54. The number of nitrogens with one attached hydrogen (secondary N) is 1. The van der Waals surface area contributed by atoms with Gasteiger partial charge in [0.1, 0.15) is 11.9 Å². The summed E-state index contributed by atoms with van der Waals surface area (Å²) in [5, 5.41) is 12.6. The Morgan fingerprint density at radius 2 is 1.76 bits per heavy atom. The second-order valence-electron chi connectivity index (χ2n) is 7.29. The Labute approximate surface area is 175 Å². The molecule has 1 aliphatic rings. The number of ether oxygens (including phenoxy) is 1. The van der Waals surface area contributed by atoms with Crippen molar-refractivity contribution in [1.82, 2.24) is 5.32 Å². The Morgan fingerprint density at radius 1 is 1.03 bits per heavy atom. The fraction of sp³-hybridized carbons (Fsp3) is 0.208. The number of benzene rings is 3. The molecular formula is C24H22ClNO3. The molecule has 1 aliphatic heterocycles. The van der Waals surface area contributed by atoms with E-state index in [0.717, 1.165) is 34.4 Å². The van der Waals surface area contributed by atoms with Crippen LogP contribution in [0.5, 0.6) is 5.75 Å². The van der Waals surface area contributed by atoms with Gasteiger partial charge in [0, 0.05) is 35.0 Å². The highest BCUT2D eigenvalue weighted by Gasteiger charge is 2.29. The lowest BCUT2D eigenvalue weighted by atomic mass is 9.97. The normalized spacial score (nSPS) is 16.0. The summed E-state index contributed by atoms with van der Waals surface area (Å²) in [6.45, 7) is 0. The average Bonchev–Trinajstić information content (AvgIpc) is 3.11. The molecule has 29 heavy (non-hydrogen) atoms. The first-order chi connectivity index (χ1) is 14.1. The topological polar surface area (TPSA) is 58.6 Å². The van der Waals surface area contributed by atoms with Gasteiger partial charge in [0.05, 0.1) is 0 Å². The lowest BCUT2D eigenvalue weighted by Crippen LogP contribution is -2.39. The van der Waals surface area contributed by atoms with Crippen molar-refractivity contribution in [2.24, 2.45) is 0 Å². The van der Waals surface area contributed by atoms with Crippen molar-refractivity contribution in [2.45, 2.75) is 31.4 Å². The van der Waals surface area contributed by atoms with E-state index in [-0.39, 0.29) is 12.1 Å². The van der Waals surface area contributed by atoms with Crippen molar-refractivity contribution in [3.05, 3.63) is 88.9 Å². The number of halogens is 1. The highest BCUT2D eigenvalue weighted by Crippen LogP contribution is 2.41. The van der Waals surface area contributed by atoms with Gasteiger partial charge in [-0.15, -0.1) is 0 Å². The zero-order chi connectivity index (χ0) is 20.2. The molecule has 0 spiro atoms. The van der Waals surface area contributed by atoms with Crippen molar-refractivity contribution in [3.63, 3.8) is 0 Å². The van der Waals surface area contributed by atoms with Gasteiger partial charge in [-0.05, 0) is 23.6 Å². The third-order valence-electron chi connectivity index (χ3n) is 5.19. The van der Waals surface area contributed by atoms with Crippen LogP contribution in [0, 0.1) is 0 Å². The first-order valence-electron chi connectivity index (χ1n) is 9.67. The number of amides is 1. The number of hydrogen-bond donors (Lipinski definition) is 2. The second kappa shape index (κ2) is 8.58. The summed E-state index contributed by atoms with van der Waals surface area (Å²) in [4.78, 5) is 11.3. The van der Waals surface area contributed by atoms with Gasteiger partial charge in [-0.25, -0.2) is 4.79 Å². The van der Waals surface area contributed by atoms with Crippen molar-refractivity contribution in [2.75, 3.05) is 0 Å². The average molecular weight is 408 g/mol. The van der Waals surface area contributed by atoms with E-state index in [9.17, 15) is 9.90 Å². The molecule has 4 rings (SSSR count). The molecule has 1 amide bonds. The molecule has 0 radical (unpaired) electrons. The van der Waals surface area contributed by atoms with Crippen LogP contribution in [-0.4, -0.2) is 23.3 Å². The van der Waals surface area contributed by atoms with E-state index >= 15 is 0 Å². The number of carboxylic acid groups (broad SMARTS) is 1. The standard InChI is InChI=1S/C24H22ClNO3/c25-22-12-5-4-10-20(22)21-11-6-9-17-14-19(29-23(17)21)15-18(26-24(27)28)13-16-7-2-1-3-8-16/h1-12,18-19,26H,13-15H2,(H,27,28). The summed E-state index contributed by atoms with van der Waals surface area (Å²) in [7, 11) is 0. The maximum absolute atomic E-state index is 11.3. The van der Waals surface area contributed by atoms with Crippen LogP contribution in [-0.2, 0) is 12.8 Å². The Hall–Kier alpha value is -2.98. The molecule has 2 N–H and O–H groups in total. The minimum absolute atomic E-state index is 0.0887. The van der Waals surface area contributed by atoms with Crippen LogP contribution in [0.15, 0.2) is 72.8 Å². The fourth-order valence-electron chi connectivity index (χ4n) is 3.95. The summed E-state index contributed by atoms with van der Waals surface area (Å²) in [5.74, 6) is 0.847. The van der Waals surface area contributed by atoms with E-state index < -0.39 is 6.09 Å². The smallest absolute Gasteiger partial charge is 0.404 e. The van der Waals surface area contributed by atoms with E-state index in [4.69, 9.17) is 16.3 Å². The maximum atomic E-state index is 11.3. The Balaban J connectivity index is 1.53. The fourth-order valence-corrected chi connectivity index (χ4v) is 4.18. The Bertz CT molecular complexity index is 1010. The van der Waals surface area contributed by atoms with Crippen molar-refractivity contribution in [3.8, 4) is 16.9 Å². The van der Waals surface area contributed by atoms with Crippen molar-refractivity contribution in [1.29, 1.82) is 0 Å². The summed E-state index contributed by atoms with van der Waals surface area (Å²) < 4.78 is 6.31. The first-order valence-corrected chi connectivity index (χ1v) is 10.0. The molecular weight excluding hydrogens is 386 g/mol. The SMILES string of the molecule is O=C(O)NC(Cc1ccccc1)CC1Cc2cccc(-c3ccccc3Cl)c2O1. The highest BCUT2D eigenvalue weighted by atomic mass is 35.5. The largest absolute Gasteiger partial charge is 0.489 e. The van der Waals surface area contributed by atoms with Gasteiger partial charge in [0.2, 0.25) is 0 Å². The molecule has 1 heterocycles. The number of para-hydroxylation sites is 1. The van der Waals surface area contributed by atoms with Gasteiger partial charge >= 0.3 is 6.09 Å². The van der Waals surface area contributed by atoms with Crippen LogP contribution in [0.3, 0.4) is 0 Å². The minimum atomic E-state index is -1.02. The van der Waals surface area contributed by atoms with E-state index in [1.165, 1.54) is 0 Å². The molecule has 3 aromatic carbocycles. The van der Waals surface area contributed by atoms with E-state index in [1.54, 1.807) is 0 Å². The number of rotatable bonds is 6. The molecule has 0 aromatic heterocycles. The van der Waals surface area contributed by atoms with Crippen LogP contribution in [0.25, 0.3) is 11.1 Å². The number of carbonyl (C=O) groups is 1. The molecule has 148 valence electrons. The molecule has 2 atom stereocenters. The quantitative estimate of drug-likeness (QED) is 0.560. The van der Waals surface area contributed by atoms with Crippen molar-refractivity contribution < 1.29 is 14.6 Å². The minimum Gasteiger partial charge on any atom is -0.489 e. The summed E-state index contributed by atoms with van der Waals surface area (Å²) in [6, 6.07) is 23.5. The van der Waals surface area contributed by atoms with E-state index in [1.807, 2.05) is 66.7 Å². The number of fused-ring (bicyclic) bond motifs is 1. The molecule has 0 saturated heterocycles. The van der Waals surface area contributed by atoms with Crippen LogP contribution in [0.4, 0.5) is 4.79 Å². The van der Waals surface area contributed by atoms with Crippen LogP contribution in [0.1, 0.15) is 17.5 Å². The van der Waals surface area contributed by atoms with Gasteiger partial charge in [-0.1, -0.05) is 78.3 Å².